The van der Waals surface area contributed by atoms with E-state index in [-0.39, 0.29) is 4.88 Å². The van der Waals surface area contributed by atoms with Crippen LogP contribution in [0.4, 0.5) is 10.5 Å². The van der Waals surface area contributed by atoms with Crippen LogP contribution in [0.1, 0.15) is 16.6 Å². The normalized spacial score (nSPS) is 10.3. The number of fused-ring (bicyclic) bond motifs is 1. The number of carbonyl (C=O) groups is 2. The van der Waals surface area contributed by atoms with Crippen molar-refractivity contribution < 1.29 is 19.4 Å². The minimum absolute atomic E-state index is 0.276. The molecule has 6 heteroatoms. The van der Waals surface area contributed by atoms with Crippen molar-refractivity contribution in [2.75, 3.05) is 11.9 Å². The van der Waals surface area contributed by atoms with E-state index in [0.717, 1.165) is 10.1 Å². The van der Waals surface area contributed by atoms with E-state index in [1.165, 1.54) is 11.3 Å². The summed E-state index contributed by atoms with van der Waals surface area (Å²) < 4.78 is 5.62. The second-order valence-corrected chi connectivity index (χ2v) is 4.60. The fourth-order valence-electron chi connectivity index (χ4n) is 1.51. The number of carboxylic acids is 1. The maximum Gasteiger partial charge on any atom is 0.411 e. The van der Waals surface area contributed by atoms with Gasteiger partial charge in [0.2, 0.25) is 0 Å². The lowest BCUT2D eigenvalue weighted by atomic mass is 10.2. The number of nitrogens with one attached hydrogen (secondary N) is 1. The molecule has 1 aromatic heterocycles. The third-order valence-electron chi connectivity index (χ3n) is 2.25. The van der Waals surface area contributed by atoms with Crippen LogP contribution < -0.4 is 5.32 Å². The second kappa shape index (κ2) is 5.05. The Morgan fingerprint density at radius 3 is 2.83 bits per heavy atom. The first kappa shape index (κ1) is 12.4. The number of hydrogen-bond donors (Lipinski definition) is 2. The van der Waals surface area contributed by atoms with E-state index in [1.54, 1.807) is 31.2 Å². The Morgan fingerprint density at radius 1 is 1.39 bits per heavy atom. The van der Waals surface area contributed by atoms with Crippen molar-refractivity contribution in [3.8, 4) is 0 Å². The van der Waals surface area contributed by atoms with Crippen LogP contribution in [0.2, 0.25) is 0 Å². The van der Waals surface area contributed by atoms with Crippen LogP contribution in [0.15, 0.2) is 24.3 Å². The Balaban J connectivity index is 2.26. The summed E-state index contributed by atoms with van der Waals surface area (Å²) in [7, 11) is 0. The van der Waals surface area contributed by atoms with Crippen LogP contribution in [0.25, 0.3) is 10.1 Å². The van der Waals surface area contributed by atoms with Crippen molar-refractivity contribution >= 4 is 39.2 Å². The van der Waals surface area contributed by atoms with Crippen LogP contribution in [-0.2, 0) is 4.74 Å². The first-order chi connectivity index (χ1) is 8.60. The summed E-state index contributed by atoms with van der Waals surface area (Å²) >= 11 is 1.20. The monoisotopic (exact) mass is 265 g/mol. The molecule has 2 aromatic rings. The highest BCUT2D eigenvalue weighted by molar-refractivity contribution is 7.20. The van der Waals surface area contributed by atoms with Gasteiger partial charge in [0.25, 0.3) is 0 Å². The third kappa shape index (κ3) is 2.60. The van der Waals surface area contributed by atoms with Crippen molar-refractivity contribution in [3.05, 3.63) is 29.1 Å². The van der Waals surface area contributed by atoms with E-state index in [4.69, 9.17) is 9.84 Å². The Kier molecular flexibility index (Phi) is 3.47. The molecule has 18 heavy (non-hydrogen) atoms. The average Bonchev–Trinajstić information content (AvgIpc) is 2.72. The zero-order chi connectivity index (χ0) is 13.1. The number of benzene rings is 1. The van der Waals surface area contributed by atoms with Gasteiger partial charge in [-0.05, 0) is 36.6 Å². The van der Waals surface area contributed by atoms with Gasteiger partial charge in [-0.1, -0.05) is 0 Å². The van der Waals surface area contributed by atoms with Crippen LogP contribution in [0.5, 0.6) is 0 Å². The van der Waals surface area contributed by atoms with Gasteiger partial charge in [-0.15, -0.1) is 11.3 Å². The molecule has 0 fully saturated rings. The molecule has 0 spiro atoms. The molecule has 0 saturated heterocycles. The summed E-state index contributed by atoms with van der Waals surface area (Å²) in [6.45, 7) is 2.02. The van der Waals surface area contributed by atoms with Gasteiger partial charge in [0.15, 0.2) is 0 Å². The minimum Gasteiger partial charge on any atom is -0.477 e. The van der Waals surface area contributed by atoms with E-state index in [1.807, 2.05) is 0 Å². The fraction of sp³-hybridized carbons (Fsp3) is 0.167. The van der Waals surface area contributed by atoms with Gasteiger partial charge in [0, 0.05) is 10.4 Å². The SMILES string of the molecule is CCOC(=O)Nc1ccc2sc(C(=O)O)cc2c1. The maximum absolute atomic E-state index is 11.2. The molecule has 94 valence electrons. The Labute approximate surface area is 107 Å². The van der Waals surface area contributed by atoms with Crippen LogP contribution in [-0.4, -0.2) is 23.8 Å². The molecule has 2 rings (SSSR count). The maximum atomic E-state index is 11.2. The Hall–Kier alpha value is -2.08. The lowest BCUT2D eigenvalue weighted by Crippen LogP contribution is -2.12. The summed E-state index contributed by atoms with van der Waals surface area (Å²) in [6.07, 6.45) is -0.523. The van der Waals surface area contributed by atoms with E-state index in [0.29, 0.717) is 12.3 Å². The molecule has 0 radical (unpaired) electrons. The van der Waals surface area contributed by atoms with E-state index in [2.05, 4.69) is 5.32 Å². The Morgan fingerprint density at radius 2 is 2.17 bits per heavy atom. The number of carbonyl (C=O) groups excluding carboxylic acids is 1. The van der Waals surface area contributed by atoms with Gasteiger partial charge < -0.3 is 9.84 Å². The van der Waals surface area contributed by atoms with Gasteiger partial charge in [-0.25, -0.2) is 9.59 Å². The largest absolute Gasteiger partial charge is 0.477 e. The van der Waals surface area contributed by atoms with Gasteiger partial charge >= 0.3 is 12.1 Å². The highest BCUT2D eigenvalue weighted by Gasteiger charge is 2.09. The predicted molar refractivity (Wildman–Crippen MR) is 69.4 cm³/mol. The summed E-state index contributed by atoms with van der Waals surface area (Å²) in [6, 6.07) is 6.78. The van der Waals surface area contributed by atoms with Gasteiger partial charge in [0.1, 0.15) is 4.88 Å². The van der Waals surface area contributed by atoms with Gasteiger partial charge in [-0.3, -0.25) is 5.32 Å². The molecular weight excluding hydrogens is 254 g/mol. The van der Waals surface area contributed by atoms with Crippen molar-refractivity contribution in [3.63, 3.8) is 0 Å². The molecule has 2 N–H and O–H groups in total. The molecule has 1 heterocycles. The minimum atomic E-state index is -0.948. The summed E-state index contributed by atoms with van der Waals surface area (Å²) in [5.74, 6) is -0.948. The lowest BCUT2D eigenvalue weighted by Gasteiger charge is -2.04. The molecule has 0 bridgehead atoms. The van der Waals surface area contributed by atoms with Gasteiger partial charge in [0.05, 0.1) is 6.61 Å². The van der Waals surface area contributed by atoms with Gasteiger partial charge in [-0.2, -0.15) is 0 Å². The van der Waals surface area contributed by atoms with Crippen molar-refractivity contribution in [2.45, 2.75) is 6.92 Å². The first-order valence-electron chi connectivity index (χ1n) is 5.31. The van der Waals surface area contributed by atoms with E-state index in [9.17, 15) is 9.59 Å². The standard InChI is InChI=1S/C12H11NO4S/c1-2-17-12(16)13-8-3-4-9-7(5-8)6-10(18-9)11(14)15/h3-6H,2H2,1H3,(H,13,16)(H,14,15). The quantitative estimate of drug-likeness (QED) is 0.893. The molecule has 0 atom stereocenters. The average molecular weight is 265 g/mol. The van der Waals surface area contributed by atoms with Crippen molar-refractivity contribution in [1.29, 1.82) is 0 Å². The molecule has 0 aliphatic carbocycles. The zero-order valence-corrected chi connectivity index (χ0v) is 10.4. The van der Waals surface area contributed by atoms with Crippen LogP contribution in [0, 0.1) is 0 Å². The van der Waals surface area contributed by atoms with Crippen molar-refractivity contribution in [1.82, 2.24) is 0 Å². The molecule has 0 saturated carbocycles. The van der Waals surface area contributed by atoms with Crippen LogP contribution in [0.3, 0.4) is 0 Å². The molecule has 0 aliphatic rings. The fourth-order valence-corrected chi connectivity index (χ4v) is 2.39. The first-order valence-corrected chi connectivity index (χ1v) is 6.12. The second-order valence-electron chi connectivity index (χ2n) is 3.51. The highest BCUT2D eigenvalue weighted by atomic mass is 32.1. The molecule has 0 unspecified atom stereocenters. The number of amides is 1. The topological polar surface area (TPSA) is 75.6 Å². The molecule has 5 nitrogen and oxygen atoms in total. The number of hydrogen-bond acceptors (Lipinski definition) is 4. The Bertz CT molecular complexity index is 605. The van der Waals surface area contributed by atoms with E-state index >= 15 is 0 Å². The molecule has 0 aliphatic heterocycles. The molecule has 1 amide bonds. The molecular formula is C12H11NO4S. The number of anilines is 1. The number of thiophene rings is 1. The number of carboxylic acid groups (broad SMARTS) is 1. The smallest absolute Gasteiger partial charge is 0.411 e. The van der Waals surface area contributed by atoms with E-state index < -0.39 is 12.1 Å². The molecule has 1 aromatic carbocycles. The number of rotatable bonds is 3. The third-order valence-corrected chi connectivity index (χ3v) is 3.35. The van der Waals surface area contributed by atoms with Crippen molar-refractivity contribution in [2.24, 2.45) is 0 Å². The number of ether oxygens (including phenoxy) is 1. The lowest BCUT2D eigenvalue weighted by molar-refractivity contribution is 0.0702. The zero-order valence-electron chi connectivity index (χ0n) is 9.60. The summed E-state index contributed by atoms with van der Waals surface area (Å²) in [5.41, 5.74) is 0.579. The highest BCUT2D eigenvalue weighted by Crippen LogP contribution is 2.28. The summed E-state index contributed by atoms with van der Waals surface area (Å²) in [4.78, 5) is 22.4. The number of aromatic carboxylic acids is 1. The summed E-state index contributed by atoms with van der Waals surface area (Å²) in [5, 5.41) is 12.2. The van der Waals surface area contributed by atoms with Crippen LogP contribution >= 0.6 is 11.3 Å². The predicted octanol–water partition coefficient (Wildman–Crippen LogP) is 3.17.